The molecular weight excluding hydrogens is 400 g/mol. The average molecular weight is 431 g/mol. The molecule has 1 amide bonds. The maximum atomic E-state index is 11.9. The summed E-state index contributed by atoms with van der Waals surface area (Å²) in [7, 11) is 1.77. The maximum Gasteiger partial charge on any atom is 0.227 e. The number of rotatable bonds is 6. The Kier molecular flexibility index (Phi) is 6.54. The number of nitrogens with one attached hydrogen (secondary N) is 2. The first kappa shape index (κ1) is 21.6. The maximum absolute atomic E-state index is 11.9. The van der Waals surface area contributed by atoms with Crippen LogP contribution in [0.5, 0.6) is 0 Å². The summed E-state index contributed by atoms with van der Waals surface area (Å²) in [5.74, 6) is 0.941. The van der Waals surface area contributed by atoms with E-state index in [4.69, 9.17) is 5.10 Å². The number of guanidine groups is 1. The van der Waals surface area contributed by atoms with Gasteiger partial charge in [0, 0.05) is 50.0 Å². The van der Waals surface area contributed by atoms with Crippen LogP contribution < -0.4 is 15.5 Å². The molecule has 166 valence electrons. The monoisotopic (exact) mass is 430 g/mol. The van der Waals surface area contributed by atoms with Crippen LogP contribution in [-0.2, 0) is 17.9 Å². The summed E-state index contributed by atoms with van der Waals surface area (Å²) in [6, 6.07) is 18.3. The third-order valence-corrected chi connectivity index (χ3v) is 5.88. The number of aromatic nitrogens is 2. The SMILES string of the molecule is CN=C(NCc1ccc(N2CCCC2=O)cc1)NCc1c(C)nn(-c2ccccc2)c1C. The number of carbonyl (C=O) groups is 1. The van der Waals surface area contributed by atoms with E-state index in [0.29, 0.717) is 19.5 Å². The number of nitrogens with zero attached hydrogens (tertiary/aromatic N) is 4. The predicted molar refractivity (Wildman–Crippen MR) is 128 cm³/mol. The van der Waals surface area contributed by atoms with Gasteiger partial charge in [0.2, 0.25) is 5.91 Å². The molecule has 1 aliphatic heterocycles. The van der Waals surface area contributed by atoms with E-state index < -0.39 is 0 Å². The minimum absolute atomic E-state index is 0.210. The van der Waals surface area contributed by atoms with Gasteiger partial charge in [-0.2, -0.15) is 5.10 Å². The molecule has 7 heteroatoms. The summed E-state index contributed by atoms with van der Waals surface area (Å²) in [4.78, 5) is 18.1. The summed E-state index contributed by atoms with van der Waals surface area (Å²) < 4.78 is 1.98. The Bertz CT molecular complexity index is 1100. The summed E-state index contributed by atoms with van der Waals surface area (Å²) in [5, 5.41) is 11.5. The molecule has 1 aromatic heterocycles. The van der Waals surface area contributed by atoms with Gasteiger partial charge in [0.25, 0.3) is 0 Å². The molecular formula is C25H30N6O. The first-order chi connectivity index (χ1) is 15.6. The zero-order chi connectivity index (χ0) is 22.5. The van der Waals surface area contributed by atoms with E-state index in [-0.39, 0.29) is 5.91 Å². The first-order valence-electron chi connectivity index (χ1n) is 11.0. The van der Waals surface area contributed by atoms with E-state index in [1.54, 1.807) is 7.05 Å². The molecule has 0 spiro atoms. The van der Waals surface area contributed by atoms with E-state index >= 15 is 0 Å². The zero-order valence-corrected chi connectivity index (χ0v) is 18.9. The van der Waals surface area contributed by atoms with Crippen molar-refractivity contribution in [1.82, 2.24) is 20.4 Å². The van der Waals surface area contributed by atoms with Gasteiger partial charge >= 0.3 is 0 Å². The third-order valence-electron chi connectivity index (χ3n) is 5.88. The lowest BCUT2D eigenvalue weighted by atomic mass is 10.2. The molecule has 2 aromatic carbocycles. The number of hydrogen-bond acceptors (Lipinski definition) is 3. The van der Waals surface area contributed by atoms with E-state index in [0.717, 1.165) is 52.8 Å². The number of aryl methyl sites for hydroxylation is 1. The standard InChI is InChI=1S/C25H30N6O/c1-18-23(19(2)31(29-18)22-8-5-4-6-9-22)17-28-25(26-3)27-16-20-11-13-21(14-12-20)30-15-7-10-24(30)32/h4-6,8-9,11-14H,7,10,15-17H2,1-3H3,(H2,26,27,28). The summed E-state index contributed by atoms with van der Waals surface area (Å²) in [6.07, 6.45) is 1.59. The highest BCUT2D eigenvalue weighted by Gasteiger charge is 2.21. The third kappa shape index (κ3) is 4.66. The number of carbonyl (C=O) groups excluding carboxylic acids is 1. The smallest absolute Gasteiger partial charge is 0.227 e. The van der Waals surface area contributed by atoms with Crippen LogP contribution >= 0.6 is 0 Å². The minimum Gasteiger partial charge on any atom is -0.352 e. The van der Waals surface area contributed by atoms with Gasteiger partial charge in [0.05, 0.1) is 11.4 Å². The van der Waals surface area contributed by atoms with E-state index in [2.05, 4.69) is 46.8 Å². The van der Waals surface area contributed by atoms with Crippen LogP contribution in [-0.4, -0.2) is 35.2 Å². The lowest BCUT2D eigenvalue weighted by molar-refractivity contribution is -0.117. The van der Waals surface area contributed by atoms with Gasteiger partial charge in [0.15, 0.2) is 5.96 Å². The average Bonchev–Trinajstić information content (AvgIpc) is 3.37. The van der Waals surface area contributed by atoms with Crippen molar-refractivity contribution in [2.24, 2.45) is 4.99 Å². The fraction of sp³-hybridized carbons (Fsp3) is 0.320. The van der Waals surface area contributed by atoms with Gasteiger partial charge in [0.1, 0.15) is 0 Å². The second kappa shape index (κ2) is 9.68. The fourth-order valence-electron chi connectivity index (χ4n) is 4.04. The molecule has 0 bridgehead atoms. The van der Waals surface area contributed by atoms with Gasteiger partial charge in [-0.3, -0.25) is 9.79 Å². The van der Waals surface area contributed by atoms with Crippen molar-refractivity contribution in [3.8, 4) is 5.69 Å². The molecule has 4 rings (SSSR count). The van der Waals surface area contributed by atoms with Crippen LogP contribution in [0.3, 0.4) is 0 Å². The Hall–Kier alpha value is -3.61. The van der Waals surface area contributed by atoms with E-state index in [1.165, 1.54) is 0 Å². The fourth-order valence-corrected chi connectivity index (χ4v) is 4.04. The Morgan fingerprint density at radius 1 is 1.00 bits per heavy atom. The Labute approximate surface area is 189 Å². The topological polar surface area (TPSA) is 74.6 Å². The number of aliphatic imine (C=N–C) groups is 1. The molecule has 1 saturated heterocycles. The molecule has 0 radical (unpaired) electrons. The second-order valence-electron chi connectivity index (χ2n) is 7.99. The Morgan fingerprint density at radius 2 is 1.72 bits per heavy atom. The molecule has 1 aliphatic rings. The van der Waals surface area contributed by atoms with Crippen LogP contribution in [0.15, 0.2) is 59.6 Å². The largest absolute Gasteiger partial charge is 0.352 e. The number of anilines is 1. The highest BCUT2D eigenvalue weighted by Crippen LogP contribution is 2.21. The van der Waals surface area contributed by atoms with Gasteiger partial charge in [-0.15, -0.1) is 0 Å². The molecule has 2 heterocycles. The quantitative estimate of drug-likeness (QED) is 0.464. The van der Waals surface area contributed by atoms with Crippen molar-refractivity contribution in [2.75, 3.05) is 18.5 Å². The lowest BCUT2D eigenvalue weighted by Gasteiger charge is -2.16. The highest BCUT2D eigenvalue weighted by molar-refractivity contribution is 5.95. The Balaban J connectivity index is 1.35. The molecule has 0 aliphatic carbocycles. The minimum atomic E-state index is 0.210. The second-order valence-corrected chi connectivity index (χ2v) is 7.99. The summed E-state index contributed by atoms with van der Waals surface area (Å²) in [6.45, 7) is 6.22. The van der Waals surface area contributed by atoms with Crippen molar-refractivity contribution < 1.29 is 4.79 Å². The molecule has 1 fully saturated rings. The van der Waals surface area contributed by atoms with Crippen LogP contribution in [0.4, 0.5) is 5.69 Å². The van der Waals surface area contributed by atoms with E-state index in [1.807, 2.05) is 46.8 Å². The molecule has 32 heavy (non-hydrogen) atoms. The van der Waals surface area contributed by atoms with Crippen molar-refractivity contribution in [3.05, 3.63) is 77.1 Å². The zero-order valence-electron chi connectivity index (χ0n) is 18.9. The van der Waals surface area contributed by atoms with Crippen molar-refractivity contribution in [3.63, 3.8) is 0 Å². The first-order valence-corrected chi connectivity index (χ1v) is 11.0. The Morgan fingerprint density at radius 3 is 2.38 bits per heavy atom. The molecule has 0 unspecified atom stereocenters. The predicted octanol–water partition coefficient (Wildman–Crippen LogP) is 3.48. The van der Waals surface area contributed by atoms with Crippen molar-refractivity contribution in [2.45, 2.75) is 39.8 Å². The van der Waals surface area contributed by atoms with Crippen LogP contribution in [0.1, 0.15) is 35.4 Å². The molecule has 3 aromatic rings. The molecule has 7 nitrogen and oxygen atoms in total. The van der Waals surface area contributed by atoms with Crippen LogP contribution in [0.25, 0.3) is 5.69 Å². The highest BCUT2D eigenvalue weighted by atomic mass is 16.2. The molecule has 0 atom stereocenters. The van der Waals surface area contributed by atoms with Crippen molar-refractivity contribution >= 4 is 17.6 Å². The van der Waals surface area contributed by atoms with Gasteiger partial charge in [-0.05, 0) is 50.1 Å². The van der Waals surface area contributed by atoms with Gasteiger partial charge < -0.3 is 15.5 Å². The van der Waals surface area contributed by atoms with Crippen molar-refractivity contribution in [1.29, 1.82) is 0 Å². The van der Waals surface area contributed by atoms with Gasteiger partial charge in [-0.1, -0.05) is 30.3 Å². The number of benzene rings is 2. The van der Waals surface area contributed by atoms with Gasteiger partial charge in [-0.25, -0.2) is 4.68 Å². The van der Waals surface area contributed by atoms with Crippen LogP contribution in [0.2, 0.25) is 0 Å². The lowest BCUT2D eigenvalue weighted by Crippen LogP contribution is -2.36. The van der Waals surface area contributed by atoms with E-state index in [9.17, 15) is 4.79 Å². The number of hydrogen-bond donors (Lipinski definition) is 2. The molecule has 2 N–H and O–H groups in total. The summed E-state index contributed by atoms with van der Waals surface area (Å²) in [5.41, 5.74) is 6.44. The number of amides is 1. The normalized spacial score (nSPS) is 14.2. The summed E-state index contributed by atoms with van der Waals surface area (Å²) >= 11 is 0. The van der Waals surface area contributed by atoms with Crippen LogP contribution in [0, 0.1) is 13.8 Å². The molecule has 0 saturated carbocycles. The number of para-hydroxylation sites is 1.